The molecule has 1 atom stereocenters. The molecule has 0 saturated carbocycles. The molecule has 3 heteroatoms. The smallest absolute Gasteiger partial charge is 0.105 e. The number of fused-ring (bicyclic) bond motifs is 3. The molecule has 1 aliphatic carbocycles. The van der Waals surface area contributed by atoms with Gasteiger partial charge in [-0.25, -0.2) is 4.98 Å². The summed E-state index contributed by atoms with van der Waals surface area (Å²) in [6.07, 6.45) is 12.6. The summed E-state index contributed by atoms with van der Waals surface area (Å²) in [5.74, 6) is 1.66. The molecule has 0 saturated heterocycles. The SMILES string of the molecule is Cc1nccn1C[C@@H]1C=c2c(n3c4c(cccc24)CCC3)=CC1. The van der Waals surface area contributed by atoms with Crippen LogP contribution >= 0.6 is 0 Å². The first-order chi connectivity index (χ1) is 11.3. The van der Waals surface area contributed by atoms with E-state index in [0.29, 0.717) is 5.92 Å². The zero-order chi connectivity index (χ0) is 15.4. The van der Waals surface area contributed by atoms with Crippen LogP contribution in [0.25, 0.3) is 23.1 Å². The molecule has 2 aliphatic rings. The molecule has 23 heavy (non-hydrogen) atoms. The second-order valence-electron chi connectivity index (χ2n) is 6.86. The number of hydrogen-bond acceptors (Lipinski definition) is 1. The third-order valence-corrected chi connectivity index (χ3v) is 5.45. The van der Waals surface area contributed by atoms with E-state index in [1.165, 1.54) is 46.4 Å². The zero-order valence-electron chi connectivity index (χ0n) is 13.5. The molecule has 1 aromatic carbocycles. The molecule has 3 nitrogen and oxygen atoms in total. The first kappa shape index (κ1) is 13.2. The third kappa shape index (κ3) is 1.92. The van der Waals surface area contributed by atoms with Gasteiger partial charge in [0.15, 0.2) is 0 Å². The van der Waals surface area contributed by atoms with Crippen molar-refractivity contribution in [2.75, 3.05) is 0 Å². The van der Waals surface area contributed by atoms with Gasteiger partial charge < -0.3 is 9.13 Å². The molecule has 0 spiro atoms. The average Bonchev–Trinajstić information content (AvgIpc) is 3.12. The van der Waals surface area contributed by atoms with E-state index in [9.17, 15) is 0 Å². The summed E-state index contributed by atoms with van der Waals surface area (Å²) in [4.78, 5) is 4.35. The van der Waals surface area contributed by atoms with Gasteiger partial charge in [-0.05, 0) is 37.7 Å². The molecule has 3 aromatic rings. The first-order valence-electron chi connectivity index (χ1n) is 8.61. The van der Waals surface area contributed by atoms with Crippen molar-refractivity contribution in [3.05, 3.63) is 52.5 Å². The molecule has 0 unspecified atom stereocenters. The predicted molar refractivity (Wildman–Crippen MR) is 93.5 cm³/mol. The molecule has 0 bridgehead atoms. The van der Waals surface area contributed by atoms with E-state index in [1.807, 2.05) is 6.20 Å². The minimum absolute atomic E-state index is 0.554. The maximum Gasteiger partial charge on any atom is 0.105 e. The highest BCUT2D eigenvalue weighted by Gasteiger charge is 2.19. The summed E-state index contributed by atoms with van der Waals surface area (Å²) in [6.45, 7) is 4.27. The van der Waals surface area contributed by atoms with Crippen LogP contribution in [-0.2, 0) is 19.5 Å². The van der Waals surface area contributed by atoms with Crippen LogP contribution in [0.5, 0.6) is 0 Å². The van der Waals surface area contributed by atoms with Gasteiger partial charge in [0.05, 0.1) is 5.52 Å². The van der Waals surface area contributed by atoms with Gasteiger partial charge in [-0.15, -0.1) is 0 Å². The molecule has 0 amide bonds. The molecular formula is C20H21N3. The lowest BCUT2D eigenvalue weighted by atomic mass is 9.98. The summed E-state index contributed by atoms with van der Waals surface area (Å²) in [5, 5.41) is 4.35. The van der Waals surface area contributed by atoms with Crippen molar-refractivity contribution in [1.82, 2.24) is 14.1 Å². The molecule has 5 rings (SSSR count). The van der Waals surface area contributed by atoms with Crippen LogP contribution in [0.1, 0.15) is 24.2 Å². The Hall–Kier alpha value is -2.29. The summed E-state index contributed by atoms with van der Waals surface area (Å²) in [6, 6.07) is 6.83. The Bertz CT molecular complexity index is 1020. The van der Waals surface area contributed by atoms with E-state index in [2.05, 4.69) is 57.6 Å². The van der Waals surface area contributed by atoms with Crippen LogP contribution < -0.4 is 10.6 Å². The van der Waals surface area contributed by atoms with Crippen molar-refractivity contribution >= 4 is 23.1 Å². The van der Waals surface area contributed by atoms with E-state index >= 15 is 0 Å². The molecule has 116 valence electrons. The summed E-state index contributed by atoms with van der Waals surface area (Å²) < 4.78 is 4.82. The van der Waals surface area contributed by atoms with Crippen molar-refractivity contribution in [3.63, 3.8) is 0 Å². The lowest BCUT2D eigenvalue weighted by molar-refractivity contribution is 0.549. The van der Waals surface area contributed by atoms with Crippen LogP contribution in [0, 0.1) is 12.8 Å². The molecule has 1 aliphatic heterocycles. The van der Waals surface area contributed by atoms with Gasteiger partial charge >= 0.3 is 0 Å². The quantitative estimate of drug-likeness (QED) is 0.713. The highest BCUT2D eigenvalue weighted by molar-refractivity contribution is 5.86. The van der Waals surface area contributed by atoms with Gasteiger partial charge in [0, 0.05) is 41.4 Å². The van der Waals surface area contributed by atoms with Crippen LogP contribution in [0.2, 0.25) is 0 Å². The standard InChI is InChI=1S/C20H21N3/c1-14-21-9-11-22(14)13-15-7-8-19-18(12-15)17-6-2-4-16-5-3-10-23(19)20(16)17/h2,4,6,8-9,11-12,15H,3,5,7,10,13H2,1H3/t15-/m0/s1. The maximum atomic E-state index is 4.35. The first-order valence-corrected chi connectivity index (χ1v) is 8.61. The summed E-state index contributed by atoms with van der Waals surface area (Å²) in [7, 11) is 0. The van der Waals surface area contributed by atoms with Crippen molar-refractivity contribution in [1.29, 1.82) is 0 Å². The molecule has 3 heterocycles. The van der Waals surface area contributed by atoms with Crippen molar-refractivity contribution in [2.24, 2.45) is 5.92 Å². The summed E-state index contributed by atoms with van der Waals surface area (Å²) in [5.41, 5.74) is 3.00. The normalized spacial score (nSPS) is 19.3. The third-order valence-electron chi connectivity index (χ3n) is 5.45. The molecule has 2 aromatic heterocycles. The zero-order valence-corrected chi connectivity index (χ0v) is 13.5. The Balaban J connectivity index is 1.68. The van der Waals surface area contributed by atoms with Crippen LogP contribution in [0.3, 0.4) is 0 Å². The number of nitrogens with zero attached hydrogens (tertiary/aromatic N) is 3. The Kier molecular flexibility index (Phi) is 2.78. The molecular weight excluding hydrogens is 282 g/mol. The average molecular weight is 303 g/mol. The van der Waals surface area contributed by atoms with Gasteiger partial charge in [0.25, 0.3) is 0 Å². The number of para-hydroxylation sites is 1. The van der Waals surface area contributed by atoms with Crippen molar-refractivity contribution in [3.8, 4) is 0 Å². The van der Waals surface area contributed by atoms with Gasteiger partial charge in [-0.3, -0.25) is 0 Å². The second kappa shape index (κ2) is 4.85. The molecule has 0 fully saturated rings. The Morgan fingerprint density at radius 2 is 2.26 bits per heavy atom. The number of aromatic nitrogens is 3. The van der Waals surface area contributed by atoms with Crippen molar-refractivity contribution < 1.29 is 0 Å². The van der Waals surface area contributed by atoms with E-state index in [1.54, 1.807) is 0 Å². The Labute approximate surface area is 135 Å². The number of rotatable bonds is 2. The minimum atomic E-state index is 0.554. The van der Waals surface area contributed by atoms with E-state index in [0.717, 1.165) is 18.8 Å². The van der Waals surface area contributed by atoms with Gasteiger partial charge in [-0.1, -0.05) is 30.4 Å². The largest absolute Gasteiger partial charge is 0.341 e. The van der Waals surface area contributed by atoms with Gasteiger partial charge in [-0.2, -0.15) is 0 Å². The van der Waals surface area contributed by atoms with Gasteiger partial charge in [0.2, 0.25) is 0 Å². The Morgan fingerprint density at radius 1 is 1.30 bits per heavy atom. The summed E-state index contributed by atoms with van der Waals surface area (Å²) >= 11 is 0. The van der Waals surface area contributed by atoms with Crippen molar-refractivity contribution in [2.45, 2.75) is 39.3 Å². The lowest BCUT2D eigenvalue weighted by Crippen LogP contribution is -2.34. The highest BCUT2D eigenvalue weighted by Crippen LogP contribution is 2.23. The van der Waals surface area contributed by atoms with E-state index in [4.69, 9.17) is 0 Å². The molecule has 0 radical (unpaired) electrons. The van der Waals surface area contributed by atoms with Gasteiger partial charge in [0.1, 0.15) is 5.82 Å². The fraction of sp³-hybridized carbons (Fsp3) is 0.350. The predicted octanol–water partition coefficient (Wildman–Crippen LogP) is 2.37. The van der Waals surface area contributed by atoms with E-state index in [-0.39, 0.29) is 0 Å². The number of benzene rings is 1. The maximum absolute atomic E-state index is 4.35. The van der Waals surface area contributed by atoms with E-state index < -0.39 is 0 Å². The molecule has 0 N–H and O–H groups in total. The van der Waals surface area contributed by atoms with Crippen LogP contribution in [-0.4, -0.2) is 14.1 Å². The lowest BCUT2D eigenvalue weighted by Gasteiger charge is -2.17. The number of hydrogen-bond donors (Lipinski definition) is 0. The Morgan fingerprint density at radius 3 is 3.13 bits per heavy atom. The monoisotopic (exact) mass is 303 g/mol. The number of aryl methyl sites for hydroxylation is 3. The van der Waals surface area contributed by atoms with Crippen LogP contribution in [0.15, 0.2) is 30.6 Å². The fourth-order valence-electron chi connectivity index (χ4n) is 4.33. The van der Waals surface area contributed by atoms with Crippen LogP contribution in [0.4, 0.5) is 0 Å². The second-order valence-corrected chi connectivity index (χ2v) is 6.86. The number of imidazole rings is 1. The minimum Gasteiger partial charge on any atom is -0.341 e. The fourth-order valence-corrected chi connectivity index (χ4v) is 4.33. The highest BCUT2D eigenvalue weighted by atomic mass is 15.1. The topological polar surface area (TPSA) is 22.8 Å².